The van der Waals surface area contributed by atoms with Crippen LogP contribution in [-0.2, 0) is 19.7 Å². The van der Waals surface area contributed by atoms with Crippen molar-refractivity contribution >= 4 is 5.96 Å². The van der Waals surface area contributed by atoms with Gasteiger partial charge in [0.15, 0.2) is 5.96 Å². The number of hydrogen-bond donors (Lipinski definition) is 2. The van der Waals surface area contributed by atoms with Crippen LogP contribution in [0.15, 0.2) is 65.7 Å². The van der Waals surface area contributed by atoms with E-state index in [1.807, 2.05) is 37.3 Å². The fourth-order valence-corrected chi connectivity index (χ4v) is 3.19. The van der Waals surface area contributed by atoms with Crippen LogP contribution in [0.25, 0.3) is 0 Å². The second kappa shape index (κ2) is 11.0. The van der Waals surface area contributed by atoms with E-state index in [1.54, 1.807) is 7.05 Å². The van der Waals surface area contributed by atoms with E-state index in [0.717, 1.165) is 42.5 Å². The molecule has 3 aromatic rings. The van der Waals surface area contributed by atoms with Gasteiger partial charge in [0, 0.05) is 32.4 Å². The van der Waals surface area contributed by atoms with Gasteiger partial charge < -0.3 is 15.4 Å². The van der Waals surface area contributed by atoms with E-state index in [1.165, 1.54) is 11.3 Å². The van der Waals surface area contributed by atoms with Crippen molar-refractivity contribution in [2.75, 3.05) is 13.6 Å². The third kappa shape index (κ3) is 6.65. The van der Waals surface area contributed by atoms with Crippen molar-refractivity contribution in [2.24, 2.45) is 4.99 Å². The molecule has 0 fully saturated rings. The summed E-state index contributed by atoms with van der Waals surface area (Å²) in [5, 5.41) is 11.2. The Balaban J connectivity index is 1.37. The minimum Gasteiger partial charge on any atom is -0.489 e. The molecule has 6 nitrogen and oxygen atoms in total. The van der Waals surface area contributed by atoms with Gasteiger partial charge in [-0.05, 0) is 49.6 Å². The maximum absolute atomic E-state index is 5.84. The predicted octanol–water partition coefficient (Wildman–Crippen LogP) is 3.83. The molecule has 0 spiro atoms. The highest BCUT2D eigenvalue weighted by Gasteiger charge is 2.02. The third-order valence-corrected chi connectivity index (χ3v) is 4.80. The lowest BCUT2D eigenvalue weighted by Crippen LogP contribution is -2.37. The number of aliphatic imine (C=N–C) groups is 1. The molecule has 3 rings (SSSR count). The standard InChI is InChI=1S/C24H31N5O/c1-19-16-20(2)29(28-19)15-7-14-26-24(25-3)27-17-21-10-12-23(13-11-21)30-18-22-8-5-4-6-9-22/h4-6,8-13,16H,7,14-15,17-18H2,1-3H3,(H2,25,26,27). The van der Waals surface area contributed by atoms with Crippen LogP contribution >= 0.6 is 0 Å². The number of aromatic nitrogens is 2. The van der Waals surface area contributed by atoms with Crippen molar-refractivity contribution in [2.45, 2.75) is 40.0 Å². The fourth-order valence-electron chi connectivity index (χ4n) is 3.19. The predicted molar refractivity (Wildman–Crippen MR) is 122 cm³/mol. The number of nitrogens with zero attached hydrogens (tertiary/aromatic N) is 3. The van der Waals surface area contributed by atoms with Crippen molar-refractivity contribution in [1.82, 2.24) is 20.4 Å². The molecule has 2 N–H and O–H groups in total. The molecule has 0 atom stereocenters. The zero-order chi connectivity index (χ0) is 21.2. The van der Waals surface area contributed by atoms with Gasteiger partial charge in [-0.1, -0.05) is 42.5 Å². The van der Waals surface area contributed by atoms with Crippen LogP contribution in [0.4, 0.5) is 0 Å². The zero-order valence-corrected chi connectivity index (χ0v) is 18.1. The lowest BCUT2D eigenvalue weighted by atomic mass is 10.2. The molecular weight excluding hydrogens is 374 g/mol. The second-order valence-corrected chi connectivity index (χ2v) is 7.27. The molecule has 0 amide bonds. The van der Waals surface area contributed by atoms with E-state index in [0.29, 0.717) is 13.2 Å². The summed E-state index contributed by atoms with van der Waals surface area (Å²) in [6.07, 6.45) is 0.982. The SMILES string of the molecule is CN=C(NCCCn1nc(C)cc1C)NCc1ccc(OCc2ccccc2)cc1. The van der Waals surface area contributed by atoms with E-state index in [2.05, 4.69) is 62.7 Å². The fraction of sp³-hybridized carbons (Fsp3) is 0.333. The van der Waals surface area contributed by atoms with Gasteiger partial charge in [0.25, 0.3) is 0 Å². The maximum Gasteiger partial charge on any atom is 0.191 e. The van der Waals surface area contributed by atoms with Gasteiger partial charge in [-0.25, -0.2) is 0 Å². The first kappa shape index (κ1) is 21.4. The van der Waals surface area contributed by atoms with Gasteiger partial charge in [-0.3, -0.25) is 9.67 Å². The number of ether oxygens (including phenoxy) is 1. The van der Waals surface area contributed by atoms with Gasteiger partial charge in [-0.2, -0.15) is 5.10 Å². The van der Waals surface area contributed by atoms with Crippen LogP contribution in [0.1, 0.15) is 28.9 Å². The van der Waals surface area contributed by atoms with Crippen molar-refractivity contribution in [3.63, 3.8) is 0 Å². The number of nitrogens with one attached hydrogen (secondary N) is 2. The number of guanidine groups is 1. The zero-order valence-electron chi connectivity index (χ0n) is 18.1. The molecule has 0 radical (unpaired) electrons. The Hall–Kier alpha value is -3.28. The summed E-state index contributed by atoms with van der Waals surface area (Å²) in [4.78, 5) is 4.30. The minimum absolute atomic E-state index is 0.576. The van der Waals surface area contributed by atoms with E-state index >= 15 is 0 Å². The first-order valence-corrected chi connectivity index (χ1v) is 10.4. The van der Waals surface area contributed by atoms with Crippen molar-refractivity contribution in [3.8, 4) is 5.75 Å². The molecule has 30 heavy (non-hydrogen) atoms. The average Bonchev–Trinajstić information content (AvgIpc) is 3.10. The van der Waals surface area contributed by atoms with E-state index in [-0.39, 0.29) is 0 Å². The molecule has 1 aromatic heterocycles. The molecule has 0 aliphatic carbocycles. The van der Waals surface area contributed by atoms with E-state index in [4.69, 9.17) is 4.74 Å². The lowest BCUT2D eigenvalue weighted by Gasteiger charge is -2.13. The molecule has 1 heterocycles. The van der Waals surface area contributed by atoms with Gasteiger partial charge in [0.1, 0.15) is 12.4 Å². The molecule has 6 heteroatoms. The van der Waals surface area contributed by atoms with Crippen LogP contribution < -0.4 is 15.4 Å². The molecule has 0 saturated carbocycles. The molecular formula is C24H31N5O. The highest BCUT2D eigenvalue weighted by Crippen LogP contribution is 2.14. The summed E-state index contributed by atoms with van der Waals surface area (Å²) < 4.78 is 7.89. The largest absolute Gasteiger partial charge is 0.489 e. The van der Waals surface area contributed by atoms with Gasteiger partial charge >= 0.3 is 0 Å². The van der Waals surface area contributed by atoms with Crippen LogP contribution in [0.2, 0.25) is 0 Å². The Morgan fingerprint density at radius 2 is 1.77 bits per heavy atom. The Kier molecular flexibility index (Phi) is 7.89. The highest BCUT2D eigenvalue weighted by atomic mass is 16.5. The number of hydrogen-bond acceptors (Lipinski definition) is 3. The molecule has 0 aliphatic heterocycles. The topological polar surface area (TPSA) is 63.5 Å². The van der Waals surface area contributed by atoms with Crippen molar-refractivity contribution < 1.29 is 4.74 Å². The number of benzene rings is 2. The van der Waals surface area contributed by atoms with Gasteiger partial charge in [-0.15, -0.1) is 0 Å². The first-order chi connectivity index (χ1) is 14.6. The average molecular weight is 406 g/mol. The smallest absolute Gasteiger partial charge is 0.191 e. The second-order valence-electron chi connectivity index (χ2n) is 7.27. The Morgan fingerprint density at radius 3 is 2.43 bits per heavy atom. The molecule has 158 valence electrons. The number of rotatable bonds is 9. The monoisotopic (exact) mass is 405 g/mol. The lowest BCUT2D eigenvalue weighted by molar-refractivity contribution is 0.306. The quantitative estimate of drug-likeness (QED) is 0.323. The summed E-state index contributed by atoms with van der Waals surface area (Å²) in [5.41, 5.74) is 4.60. The maximum atomic E-state index is 5.84. The van der Waals surface area contributed by atoms with E-state index in [9.17, 15) is 0 Å². The third-order valence-electron chi connectivity index (χ3n) is 4.80. The summed E-state index contributed by atoms with van der Waals surface area (Å²) in [6.45, 7) is 7.13. The van der Waals surface area contributed by atoms with Crippen LogP contribution in [0.5, 0.6) is 5.75 Å². The minimum atomic E-state index is 0.576. The summed E-state index contributed by atoms with van der Waals surface area (Å²) in [6, 6.07) is 20.4. The van der Waals surface area contributed by atoms with Crippen molar-refractivity contribution in [1.29, 1.82) is 0 Å². The molecule has 0 bridgehead atoms. The van der Waals surface area contributed by atoms with Gasteiger partial charge in [0.05, 0.1) is 5.69 Å². The Morgan fingerprint density at radius 1 is 1.00 bits per heavy atom. The van der Waals surface area contributed by atoms with Gasteiger partial charge in [0.2, 0.25) is 0 Å². The normalized spacial score (nSPS) is 11.4. The summed E-state index contributed by atoms with van der Waals surface area (Å²) >= 11 is 0. The Labute approximate surface area is 179 Å². The molecule has 0 saturated heterocycles. The van der Waals surface area contributed by atoms with Crippen molar-refractivity contribution in [3.05, 3.63) is 83.2 Å². The number of aryl methyl sites for hydroxylation is 3. The molecule has 0 unspecified atom stereocenters. The Bertz CT molecular complexity index is 932. The summed E-state index contributed by atoms with van der Waals surface area (Å²) in [7, 11) is 1.79. The first-order valence-electron chi connectivity index (χ1n) is 10.4. The highest BCUT2D eigenvalue weighted by molar-refractivity contribution is 5.79. The van der Waals surface area contributed by atoms with Crippen LogP contribution in [0, 0.1) is 13.8 Å². The molecule has 2 aromatic carbocycles. The molecule has 0 aliphatic rings. The summed E-state index contributed by atoms with van der Waals surface area (Å²) in [5.74, 6) is 1.67. The van der Waals surface area contributed by atoms with Crippen LogP contribution in [-0.4, -0.2) is 29.3 Å². The van der Waals surface area contributed by atoms with Crippen LogP contribution in [0.3, 0.4) is 0 Å². The van der Waals surface area contributed by atoms with E-state index < -0.39 is 0 Å².